The molecule has 122 valence electrons. The van der Waals surface area contributed by atoms with E-state index in [0.29, 0.717) is 13.1 Å². The van der Waals surface area contributed by atoms with Gasteiger partial charge in [0.25, 0.3) is 0 Å². The first kappa shape index (κ1) is 15.4. The van der Waals surface area contributed by atoms with E-state index in [1.54, 1.807) is 16.5 Å². The number of benzene rings is 1. The number of hydrogen-bond acceptors (Lipinski definition) is 3. The van der Waals surface area contributed by atoms with E-state index in [1.807, 2.05) is 45.0 Å². The van der Waals surface area contributed by atoms with E-state index in [-0.39, 0.29) is 11.8 Å². The number of aryl methyl sites for hydroxylation is 1. The number of nitrogens with zero attached hydrogens (tertiary/aromatic N) is 2. The molecule has 1 N–H and O–H groups in total. The largest absolute Gasteiger partial charge is 0.444 e. The number of rotatable bonds is 1. The van der Waals surface area contributed by atoms with Crippen molar-refractivity contribution in [2.45, 2.75) is 26.4 Å². The lowest BCUT2D eigenvalue weighted by Crippen LogP contribution is -2.35. The van der Waals surface area contributed by atoms with Crippen LogP contribution in [0, 0.1) is 0 Å². The van der Waals surface area contributed by atoms with Crippen LogP contribution >= 0.6 is 0 Å². The summed E-state index contributed by atoms with van der Waals surface area (Å²) in [6.07, 6.45) is 1.72. The molecule has 23 heavy (non-hydrogen) atoms. The molecule has 1 aliphatic heterocycles. The minimum atomic E-state index is -0.498. The molecule has 0 aliphatic carbocycles. The van der Waals surface area contributed by atoms with Crippen molar-refractivity contribution >= 4 is 22.7 Å². The maximum absolute atomic E-state index is 12.1. The molecule has 0 fully saturated rings. The van der Waals surface area contributed by atoms with Crippen molar-refractivity contribution in [3.05, 3.63) is 40.3 Å². The molecule has 2 heterocycles. The van der Waals surface area contributed by atoms with Crippen molar-refractivity contribution in [1.29, 1.82) is 0 Å². The van der Waals surface area contributed by atoms with Crippen LogP contribution < -0.4 is 5.69 Å². The maximum atomic E-state index is 12.1. The first-order chi connectivity index (χ1) is 10.7. The van der Waals surface area contributed by atoms with Gasteiger partial charge >= 0.3 is 11.8 Å². The fourth-order valence-electron chi connectivity index (χ4n) is 2.65. The highest BCUT2D eigenvalue weighted by Crippen LogP contribution is 2.25. The van der Waals surface area contributed by atoms with Gasteiger partial charge in [0.05, 0.1) is 11.0 Å². The van der Waals surface area contributed by atoms with Gasteiger partial charge in [-0.05, 0) is 44.0 Å². The van der Waals surface area contributed by atoms with Crippen molar-refractivity contribution in [2.24, 2.45) is 7.05 Å². The van der Waals surface area contributed by atoms with E-state index >= 15 is 0 Å². The summed E-state index contributed by atoms with van der Waals surface area (Å²) in [5.74, 6) is 0. The smallest absolute Gasteiger partial charge is 0.410 e. The predicted octanol–water partition coefficient (Wildman–Crippen LogP) is 2.50. The second kappa shape index (κ2) is 5.30. The monoisotopic (exact) mass is 315 g/mol. The molecule has 0 atom stereocenters. The summed E-state index contributed by atoms with van der Waals surface area (Å²) in [6.45, 7) is 6.62. The summed E-state index contributed by atoms with van der Waals surface area (Å²) in [5.41, 5.74) is 3.10. The van der Waals surface area contributed by atoms with E-state index in [9.17, 15) is 9.59 Å². The van der Waals surface area contributed by atoms with Gasteiger partial charge in [0.2, 0.25) is 0 Å². The first-order valence-corrected chi connectivity index (χ1v) is 7.61. The molecule has 0 spiro atoms. The zero-order valence-electron chi connectivity index (χ0n) is 13.8. The Morgan fingerprint density at radius 1 is 1.30 bits per heavy atom. The number of fused-ring (bicyclic) bond motifs is 1. The number of carbonyl (C=O) groups excluding carboxylic acids is 1. The summed E-state index contributed by atoms with van der Waals surface area (Å²) >= 11 is 0. The number of carbonyl (C=O) groups is 1. The number of hydrogen-bond donors (Lipinski definition) is 1. The number of H-pyrrole nitrogens is 1. The zero-order chi connectivity index (χ0) is 16.8. The SMILES string of the molecule is Cn1c(=O)[nH]c2ccc(C3=CCN(C(=O)OC(C)(C)C)C3)cc21. The van der Waals surface area contributed by atoms with E-state index in [2.05, 4.69) is 4.98 Å². The Bertz CT molecular complexity index is 852. The molecule has 1 aromatic heterocycles. The Kier molecular flexibility index (Phi) is 3.55. The molecule has 1 aromatic carbocycles. The number of imidazole rings is 1. The number of amides is 1. The van der Waals surface area contributed by atoms with Crippen LogP contribution in [0.3, 0.4) is 0 Å². The Balaban J connectivity index is 1.80. The van der Waals surface area contributed by atoms with Crippen LogP contribution in [0.25, 0.3) is 16.6 Å². The van der Waals surface area contributed by atoms with E-state index in [4.69, 9.17) is 4.74 Å². The summed E-state index contributed by atoms with van der Waals surface area (Å²) in [5, 5.41) is 0. The molecule has 0 radical (unpaired) electrons. The molecule has 1 amide bonds. The molecule has 3 rings (SSSR count). The third-order valence-corrected chi connectivity index (χ3v) is 3.85. The molecule has 0 unspecified atom stereocenters. The number of nitrogens with one attached hydrogen (secondary N) is 1. The van der Waals surface area contributed by atoms with Crippen LogP contribution in [-0.4, -0.2) is 39.2 Å². The molecular weight excluding hydrogens is 294 g/mol. The lowest BCUT2D eigenvalue weighted by atomic mass is 10.1. The van der Waals surface area contributed by atoms with Crippen molar-refractivity contribution in [3.63, 3.8) is 0 Å². The highest BCUT2D eigenvalue weighted by atomic mass is 16.6. The Morgan fingerprint density at radius 3 is 2.74 bits per heavy atom. The minimum Gasteiger partial charge on any atom is -0.444 e. The third kappa shape index (κ3) is 3.02. The van der Waals surface area contributed by atoms with Crippen molar-refractivity contribution in [3.8, 4) is 0 Å². The highest BCUT2D eigenvalue weighted by Gasteiger charge is 2.25. The number of aromatic nitrogens is 2. The second-order valence-electron chi connectivity index (χ2n) is 6.81. The molecule has 0 saturated carbocycles. The first-order valence-electron chi connectivity index (χ1n) is 7.61. The molecule has 2 aromatic rings. The molecule has 1 aliphatic rings. The van der Waals surface area contributed by atoms with Crippen LogP contribution in [0.1, 0.15) is 26.3 Å². The molecular formula is C17H21N3O3. The topological polar surface area (TPSA) is 67.3 Å². The lowest BCUT2D eigenvalue weighted by Gasteiger charge is -2.24. The van der Waals surface area contributed by atoms with E-state index < -0.39 is 5.60 Å². The summed E-state index contributed by atoms with van der Waals surface area (Å²) < 4.78 is 6.99. The number of aromatic amines is 1. The minimum absolute atomic E-state index is 0.132. The van der Waals surface area contributed by atoms with Crippen LogP contribution in [-0.2, 0) is 11.8 Å². The van der Waals surface area contributed by atoms with Crippen LogP contribution in [0.5, 0.6) is 0 Å². The average Bonchev–Trinajstić information content (AvgIpc) is 3.04. The third-order valence-electron chi connectivity index (χ3n) is 3.85. The maximum Gasteiger partial charge on any atom is 0.410 e. The number of ether oxygens (including phenoxy) is 1. The van der Waals surface area contributed by atoms with E-state index in [0.717, 1.165) is 22.2 Å². The molecule has 0 bridgehead atoms. The van der Waals surface area contributed by atoms with Gasteiger partial charge in [-0.15, -0.1) is 0 Å². The van der Waals surface area contributed by atoms with Gasteiger partial charge in [0.1, 0.15) is 5.60 Å². The van der Waals surface area contributed by atoms with Gasteiger partial charge in [-0.1, -0.05) is 12.1 Å². The van der Waals surface area contributed by atoms with Gasteiger partial charge in [0.15, 0.2) is 0 Å². The zero-order valence-corrected chi connectivity index (χ0v) is 13.8. The second-order valence-corrected chi connectivity index (χ2v) is 6.81. The quantitative estimate of drug-likeness (QED) is 0.879. The van der Waals surface area contributed by atoms with Crippen molar-refractivity contribution in [2.75, 3.05) is 13.1 Å². The summed E-state index contributed by atoms with van der Waals surface area (Å²) in [4.78, 5) is 28.3. The van der Waals surface area contributed by atoms with Crippen molar-refractivity contribution in [1.82, 2.24) is 14.5 Å². The van der Waals surface area contributed by atoms with Crippen LogP contribution in [0.4, 0.5) is 4.79 Å². The average molecular weight is 315 g/mol. The molecule has 6 nitrogen and oxygen atoms in total. The van der Waals surface area contributed by atoms with Gasteiger partial charge in [-0.25, -0.2) is 9.59 Å². The van der Waals surface area contributed by atoms with Crippen LogP contribution in [0.2, 0.25) is 0 Å². The van der Waals surface area contributed by atoms with Crippen molar-refractivity contribution < 1.29 is 9.53 Å². The van der Waals surface area contributed by atoms with Gasteiger partial charge < -0.3 is 14.6 Å². The van der Waals surface area contributed by atoms with E-state index in [1.165, 1.54) is 0 Å². The predicted molar refractivity (Wildman–Crippen MR) is 89.3 cm³/mol. The fourth-order valence-corrected chi connectivity index (χ4v) is 2.65. The summed E-state index contributed by atoms with van der Waals surface area (Å²) in [7, 11) is 1.74. The Labute approximate surface area is 134 Å². The summed E-state index contributed by atoms with van der Waals surface area (Å²) in [6, 6.07) is 5.82. The van der Waals surface area contributed by atoms with Gasteiger partial charge in [-0.3, -0.25) is 4.57 Å². The Morgan fingerprint density at radius 2 is 2.04 bits per heavy atom. The normalized spacial score (nSPS) is 15.1. The lowest BCUT2D eigenvalue weighted by molar-refractivity contribution is 0.0306. The fraction of sp³-hybridized carbons (Fsp3) is 0.412. The highest BCUT2D eigenvalue weighted by molar-refractivity contribution is 5.83. The molecule has 6 heteroatoms. The van der Waals surface area contributed by atoms with Crippen LogP contribution in [0.15, 0.2) is 29.1 Å². The Hall–Kier alpha value is -2.50. The van der Waals surface area contributed by atoms with Gasteiger partial charge in [-0.2, -0.15) is 0 Å². The van der Waals surface area contributed by atoms with Gasteiger partial charge in [0, 0.05) is 20.1 Å². The standard InChI is InChI=1S/C17H21N3O3/c1-17(2,3)23-16(22)20-8-7-12(10-20)11-5-6-13-14(9-11)19(4)15(21)18-13/h5-7,9H,8,10H2,1-4H3,(H,18,21). The molecule has 0 saturated heterocycles.